The number of carbonyl (C=O) groups is 1. The van der Waals surface area contributed by atoms with E-state index in [4.69, 9.17) is 0 Å². The smallest absolute Gasteiger partial charge is 0.251 e. The Morgan fingerprint density at radius 3 is 2.71 bits per heavy atom. The predicted octanol–water partition coefficient (Wildman–Crippen LogP) is 4.04. The van der Waals surface area contributed by atoms with Gasteiger partial charge in [0.2, 0.25) is 0 Å². The summed E-state index contributed by atoms with van der Waals surface area (Å²) in [5.41, 5.74) is 4.52. The number of carbonyl (C=O) groups excluding carboxylic acids is 1. The van der Waals surface area contributed by atoms with Crippen LogP contribution < -0.4 is 5.32 Å². The van der Waals surface area contributed by atoms with Gasteiger partial charge in [-0.15, -0.1) is 0 Å². The lowest BCUT2D eigenvalue weighted by Crippen LogP contribution is -2.39. The van der Waals surface area contributed by atoms with E-state index in [1.165, 1.54) is 11.1 Å². The number of benzene rings is 2. The molecule has 1 atom stereocenters. The molecular formula is C18H18BrNO. The molecule has 1 aliphatic rings. The molecule has 0 aromatic heterocycles. The first-order chi connectivity index (χ1) is 10.1. The van der Waals surface area contributed by atoms with Crippen LogP contribution in [0.15, 0.2) is 46.9 Å². The summed E-state index contributed by atoms with van der Waals surface area (Å²) in [5, 5.41) is 3.18. The maximum absolute atomic E-state index is 12.5. The van der Waals surface area contributed by atoms with Gasteiger partial charge in [0.1, 0.15) is 0 Å². The minimum Gasteiger partial charge on any atom is -0.349 e. The minimum absolute atomic E-state index is 0.0261. The van der Waals surface area contributed by atoms with E-state index in [-0.39, 0.29) is 11.9 Å². The molecule has 1 N–H and O–H groups in total. The van der Waals surface area contributed by atoms with Crippen molar-refractivity contribution in [3.63, 3.8) is 0 Å². The summed E-state index contributed by atoms with van der Waals surface area (Å²) in [6.45, 7) is 1.97. The van der Waals surface area contributed by atoms with Crippen LogP contribution in [-0.4, -0.2) is 11.9 Å². The molecule has 0 saturated heterocycles. The lowest BCUT2D eigenvalue weighted by Gasteiger charge is -2.25. The van der Waals surface area contributed by atoms with Gasteiger partial charge in [0.05, 0.1) is 0 Å². The van der Waals surface area contributed by atoms with Gasteiger partial charge in [-0.2, -0.15) is 0 Å². The van der Waals surface area contributed by atoms with Crippen LogP contribution in [0.1, 0.15) is 33.5 Å². The number of fused-ring (bicyclic) bond motifs is 1. The van der Waals surface area contributed by atoms with Crippen molar-refractivity contribution in [2.75, 3.05) is 0 Å². The number of aryl methyl sites for hydroxylation is 1. The summed E-state index contributed by atoms with van der Waals surface area (Å²) in [5.74, 6) is 0.0261. The van der Waals surface area contributed by atoms with Gasteiger partial charge >= 0.3 is 0 Å². The molecule has 0 spiro atoms. The normalized spacial score (nSPS) is 17.1. The van der Waals surface area contributed by atoms with E-state index in [0.29, 0.717) is 0 Å². The molecule has 1 aliphatic carbocycles. The molecular weight excluding hydrogens is 326 g/mol. The molecule has 2 aromatic carbocycles. The van der Waals surface area contributed by atoms with Crippen molar-refractivity contribution >= 4 is 21.8 Å². The van der Waals surface area contributed by atoms with Crippen molar-refractivity contribution in [1.82, 2.24) is 5.32 Å². The van der Waals surface area contributed by atoms with Gasteiger partial charge in [-0.1, -0.05) is 46.3 Å². The Balaban J connectivity index is 1.73. The predicted molar refractivity (Wildman–Crippen MR) is 88.6 cm³/mol. The second-order valence-electron chi connectivity index (χ2n) is 5.59. The largest absolute Gasteiger partial charge is 0.349 e. The summed E-state index contributed by atoms with van der Waals surface area (Å²) in [6.07, 6.45) is 2.98. The molecule has 0 heterocycles. The van der Waals surface area contributed by atoms with Crippen LogP contribution in [0.5, 0.6) is 0 Å². The molecule has 2 nitrogen and oxygen atoms in total. The monoisotopic (exact) mass is 343 g/mol. The third kappa shape index (κ3) is 3.03. The van der Waals surface area contributed by atoms with Crippen molar-refractivity contribution in [3.8, 4) is 0 Å². The van der Waals surface area contributed by atoms with E-state index >= 15 is 0 Å². The van der Waals surface area contributed by atoms with E-state index in [2.05, 4.69) is 45.5 Å². The minimum atomic E-state index is 0.0261. The van der Waals surface area contributed by atoms with E-state index in [1.807, 2.05) is 25.1 Å². The highest BCUT2D eigenvalue weighted by molar-refractivity contribution is 9.10. The zero-order valence-corrected chi connectivity index (χ0v) is 13.6. The standard InChI is InChI=1S/C18H18BrNO/c1-12-16(7-4-8-17(12)19)18(21)20-15-10-9-13-5-2-3-6-14(13)11-15/h2-8,15H,9-11H2,1H3,(H,20,21). The molecule has 0 fully saturated rings. The van der Waals surface area contributed by atoms with Crippen LogP contribution in [0.3, 0.4) is 0 Å². The number of rotatable bonds is 2. The van der Waals surface area contributed by atoms with Crippen molar-refractivity contribution in [2.45, 2.75) is 32.2 Å². The molecule has 3 rings (SSSR count). The Bertz CT molecular complexity index is 681. The summed E-state index contributed by atoms with van der Waals surface area (Å²) in [4.78, 5) is 12.5. The fourth-order valence-corrected chi connectivity index (χ4v) is 3.30. The van der Waals surface area contributed by atoms with E-state index in [0.717, 1.165) is 34.9 Å². The lowest BCUT2D eigenvalue weighted by molar-refractivity contribution is 0.0933. The second kappa shape index (κ2) is 6.02. The van der Waals surface area contributed by atoms with Gasteiger partial charge in [0.15, 0.2) is 0 Å². The van der Waals surface area contributed by atoms with Crippen LogP contribution in [0, 0.1) is 6.92 Å². The highest BCUT2D eigenvalue weighted by Crippen LogP contribution is 2.23. The number of halogens is 1. The zero-order valence-electron chi connectivity index (χ0n) is 12.0. The third-order valence-corrected chi connectivity index (χ3v) is 5.05. The Morgan fingerprint density at radius 1 is 1.14 bits per heavy atom. The Kier molecular flexibility index (Phi) is 4.11. The molecule has 0 saturated carbocycles. The van der Waals surface area contributed by atoms with Gasteiger partial charge in [-0.05, 0) is 55.0 Å². The fraction of sp³-hybridized carbons (Fsp3) is 0.278. The Morgan fingerprint density at radius 2 is 1.90 bits per heavy atom. The van der Waals surface area contributed by atoms with E-state index in [1.54, 1.807) is 0 Å². The number of amides is 1. The molecule has 0 radical (unpaired) electrons. The number of nitrogens with one attached hydrogen (secondary N) is 1. The molecule has 1 amide bonds. The topological polar surface area (TPSA) is 29.1 Å². The van der Waals surface area contributed by atoms with Crippen LogP contribution in [0.2, 0.25) is 0 Å². The van der Waals surface area contributed by atoms with Gasteiger partial charge in [-0.25, -0.2) is 0 Å². The second-order valence-corrected chi connectivity index (χ2v) is 6.45. The Labute approximate surface area is 133 Å². The first-order valence-electron chi connectivity index (χ1n) is 7.28. The summed E-state index contributed by atoms with van der Waals surface area (Å²) in [7, 11) is 0. The SMILES string of the molecule is Cc1c(Br)cccc1C(=O)NC1CCc2ccccc2C1. The molecule has 0 bridgehead atoms. The molecule has 3 heteroatoms. The summed E-state index contributed by atoms with van der Waals surface area (Å²) < 4.78 is 0.976. The quantitative estimate of drug-likeness (QED) is 0.875. The number of hydrogen-bond acceptors (Lipinski definition) is 1. The van der Waals surface area contributed by atoms with Crippen LogP contribution >= 0.6 is 15.9 Å². The lowest BCUT2D eigenvalue weighted by atomic mass is 9.88. The van der Waals surface area contributed by atoms with Crippen molar-refractivity contribution < 1.29 is 4.79 Å². The first-order valence-corrected chi connectivity index (χ1v) is 8.07. The van der Waals surface area contributed by atoms with Gasteiger partial charge in [0, 0.05) is 16.1 Å². The molecule has 2 aromatic rings. The highest BCUT2D eigenvalue weighted by atomic mass is 79.9. The van der Waals surface area contributed by atoms with E-state index in [9.17, 15) is 4.79 Å². The highest BCUT2D eigenvalue weighted by Gasteiger charge is 2.21. The number of hydrogen-bond donors (Lipinski definition) is 1. The summed E-state index contributed by atoms with van der Waals surface area (Å²) >= 11 is 3.48. The van der Waals surface area contributed by atoms with Crippen LogP contribution in [0.25, 0.3) is 0 Å². The van der Waals surface area contributed by atoms with Crippen molar-refractivity contribution in [2.24, 2.45) is 0 Å². The molecule has 0 aliphatic heterocycles. The first kappa shape index (κ1) is 14.3. The van der Waals surface area contributed by atoms with Gasteiger partial charge in [0.25, 0.3) is 5.91 Å². The van der Waals surface area contributed by atoms with Crippen LogP contribution in [-0.2, 0) is 12.8 Å². The van der Waals surface area contributed by atoms with Crippen molar-refractivity contribution in [3.05, 3.63) is 69.2 Å². The molecule has 108 valence electrons. The molecule has 21 heavy (non-hydrogen) atoms. The maximum Gasteiger partial charge on any atom is 0.251 e. The van der Waals surface area contributed by atoms with Gasteiger partial charge < -0.3 is 5.32 Å². The summed E-state index contributed by atoms with van der Waals surface area (Å²) in [6, 6.07) is 14.5. The third-order valence-electron chi connectivity index (χ3n) is 4.19. The van der Waals surface area contributed by atoms with Gasteiger partial charge in [-0.3, -0.25) is 4.79 Å². The van der Waals surface area contributed by atoms with Crippen LogP contribution in [0.4, 0.5) is 0 Å². The van der Waals surface area contributed by atoms with Crippen molar-refractivity contribution in [1.29, 1.82) is 0 Å². The Hall–Kier alpha value is -1.61. The zero-order chi connectivity index (χ0) is 14.8. The average molecular weight is 344 g/mol. The molecule has 1 unspecified atom stereocenters. The maximum atomic E-state index is 12.5. The van der Waals surface area contributed by atoms with E-state index < -0.39 is 0 Å². The fourth-order valence-electron chi connectivity index (χ4n) is 2.94. The average Bonchev–Trinajstić information content (AvgIpc) is 2.50.